The summed E-state index contributed by atoms with van der Waals surface area (Å²) in [4.78, 5) is 0. The molecule has 2 aliphatic heterocycles. The molecule has 1 atom stereocenters. The molecule has 1 unspecified atom stereocenters. The van der Waals surface area contributed by atoms with Crippen molar-refractivity contribution in [3.8, 4) is 11.5 Å². The van der Waals surface area contributed by atoms with Crippen molar-refractivity contribution in [3.63, 3.8) is 0 Å². The monoisotopic (exact) mass is 358 g/mol. The molecule has 0 N–H and O–H groups in total. The molecule has 0 amide bonds. The van der Waals surface area contributed by atoms with Gasteiger partial charge in [0, 0.05) is 12.0 Å². The topological polar surface area (TPSA) is 68.2 Å². The van der Waals surface area contributed by atoms with Crippen LogP contribution in [0.15, 0.2) is 47.6 Å². The number of hydrazone groups is 1. The standard InChI is InChI=1S/C18H18N2O4S/c1-12-4-3-5-14(8-12)16-10-15(19-20(16)25(2,21)22)13-6-7-17-18(9-13)24-11-23-17/h3-9,16H,10-11H2,1-2H3. The minimum absolute atomic E-state index is 0.201. The Morgan fingerprint density at radius 2 is 1.92 bits per heavy atom. The fraction of sp³-hybridized carbons (Fsp3) is 0.278. The smallest absolute Gasteiger partial charge is 0.247 e. The maximum absolute atomic E-state index is 12.2. The first-order valence-corrected chi connectivity index (χ1v) is 9.80. The fourth-order valence-electron chi connectivity index (χ4n) is 3.17. The normalized spacial score (nSPS) is 19.2. The number of hydrogen-bond donors (Lipinski definition) is 0. The summed E-state index contributed by atoms with van der Waals surface area (Å²) < 4.78 is 36.4. The van der Waals surface area contributed by atoms with Crippen molar-refractivity contribution in [2.75, 3.05) is 13.0 Å². The molecule has 2 heterocycles. The van der Waals surface area contributed by atoms with E-state index in [2.05, 4.69) is 5.10 Å². The number of rotatable bonds is 3. The molecule has 2 aromatic rings. The van der Waals surface area contributed by atoms with E-state index < -0.39 is 10.0 Å². The molecule has 0 fully saturated rings. The summed E-state index contributed by atoms with van der Waals surface area (Å²) in [5, 5.41) is 4.41. The summed E-state index contributed by atoms with van der Waals surface area (Å²) in [5.41, 5.74) is 3.58. The highest BCUT2D eigenvalue weighted by Crippen LogP contribution is 2.38. The highest BCUT2D eigenvalue weighted by Gasteiger charge is 2.34. The van der Waals surface area contributed by atoms with Crippen LogP contribution in [0.4, 0.5) is 0 Å². The average molecular weight is 358 g/mol. The van der Waals surface area contributed by atoms with Crippen LogP contribution in [0.3, 0.4) is 0 Å². The summed E-state index contributed by atoms with van der Waals surface area (Å²) in [6.07, 6.45) is 1.69. The summed E-state index contributed by atoms with van der Waals surface area (Å²) in [5.74, 6) is 1.35. The Hall–Kier alpha value is -2.54. The van der Waals surface area contributed by atoms with Gasteiger partial charge in [0.15, 0.2) is 11.5 Å². The number of sulfonamides is 1. The zero-order chi connectivity index (χ0) is 17.6. The van der Waals surface area contributed by atoms with E-state index in [0.29, 0.717) is 17.9 Å². The van der Waals surface area contributed by atoms with Crippen molar-refractivity contribution in [1.82, 2.24) is 4.41 Å². The van der Waals surface area contributed by atoms with Gasteiger partial charge in [-0.2, -0.15) is 9.52 Å². The van der Waals surface area contributed by atoms with Crippen LogP contribution in [-0.4, -0.2) is 31.6 Å². The molecular formula is C18H18N2O4S. The molecule has 0 bridgehead atoms. The number of hydrogen-bond acceptors (Lipinski definition) is 5. The van der Waals surface area contributed by atoms with Crippen molar-refractivity contribution >= 4 is 15.7 Å². The van der Waals surface area contributed by atoms with E-state index in [0.717, 1.165) is 22.4 Å². The molecule has 0 spiro atoms. The Morgan fingerprint density at radius 1 is 1.12 bits per heavy atom. The maximum Gasteiger partial charge on any atom is 0.247 e. The van der Waals surface area contributed by atoms with Crippen LogP contribution in [0.5, 0.6) is 11.5 Å². The zero-order valence-electron chi connectivity index (χ0n) is 14.0. The van der Waals surface area contributed by atoms with Gasteiger partial charge in [0.2, 0.25) is 16.8 Å². The molecule has 4 rings (SSSR count). The van der Waals surface area contributed by atoms with E-state index in [1.165, 1.54) is 10.7 Å². The second-order valence-corrected chi connectivity index (χ2v) is 8.12. The minimum Gasteiger partial charge on any atom is -0.454 e. The second kappa shape index (κ2) is 5.77. The SMILES string of the molecule is Cc1cccc(C2CC(c3ccc4c(c3)OCO4)=NN2S(C)(=O)=O)c1. The van der Waals surface area contributed by atoms with Gasteiger partial charge in [-0.05, 0) is 30.7 Å². The van der Waals surface area contributed by atoms with Gasteiger partial charge in [0.05, 0.1) is 18.0 Å². The van der Waals surface area contributed by atoms with E-state index in [4.69, 9.17) is 9.47 Å². The Labute approximate surface area is 146 Å². The first-order valence-electron chi connectivity index (χ1n) is 7.95. The summed E-state index contributed by atoms with van der Waals surface area (Å²) in [7, 11) is -3.48. The highest BCUT2D eigenvalue weighted by atomic mass is 32.2. The molecule has 0 aromatic heterocycles. The van der Waals surface area contributed by atoms with Gasteiger partial charge in [-0.25, -0.2) is 8.42 Å². The zero-order valence-corrected chi connectivity index (χ0v) is 14.8. The lowest BCUT2D eigenvalue weighted by molar-refractivity contribution is 0.174. The molecule has 0 saturated carbocycles. The Kier molecular flexibility index (Phi) is 3.68. The number of nitrogens with zero attached hydrogens (tertiary/aromatic N) is 2. The number of benzene rings is 2. The van der Waals surface area contributed by atoms with Gasteiger partial charge in [0.1, 0.15) is 0 Å². The third kappa shape index (κ3) is 2.95. The molecule has 6 nitrogen and oxygen atoms in total. The van der Waals surface area contributed by atoms with Gasteiger partial charge in [-0.1, -0.05) is 29.8 Å². The van der Waals surface area contributed by atoms with E-state index >= 15 is 0 Å². The number of aryl methyl sites for hydroxylation is 1. The van der Waals surface area contributed by atoms with E-state index in [9.17, 15) is 8.42 Å². The van der Waals surface area contributed by atoms with Crippen LogP contribution in [0.25, 0.3) is 0 Å². The molecule has 7 heteroatoms. The molecule has 130 valence electrons. The second-order valence-electron chi connectivity index (χ2n) is 6.28. The van der Waals surface area contributed by atoms with Gasteiger partial charge >= 0.3 is 0 Å². The van der Waals surface area contributed by atoms with Crippen molar-refractivity contribution in [1.29, 1.82) is 0 Å². The molecule has 25 heavy (non-hydrogen) atoms. The van der Waals surface area contributed by atoms with Crippen LogP contribution in [-0.2, 0) is 10.0 Å². The average Bonchev–Trinajstić information content (AvgIpc) is 3.20. The summed E-state index contributed by atoms with van der Waals surface area (Å²) in [6, 6.07) is 13.1. The molecule has 2 aromatic carbocycles. The molecule has 0 aliphatic carbocycles. The van der Waals surface area contributed by atoms with Crippen LogP contribution in [0.2, 0.25) is 0 Å². The maximum atomic E-state index is 12.2. The molecule has 0 radical (unpaired) electrons. The van der Waals surface area contributed by atoms with Gasteiger partial charge in [0.25, 0.3) is 0 Å². The fourth-order valence-corrected chi connectivity index (χ4v) is 4.08. The van der Waals surface area contributed by atoms with Gasteiger partial charge in [-0.15, -0.1) is 0 Å². The highest BCUT2D eigenvalue weighted by molar-refractivity contribution is 7.88. The first kappa shape index (κ1) is 16.0. The predicted molar refractivity (Wildman–Crippen MR) is 94.3 cm³/mol. The third-order valence-corrected chi connectivity index (χ3v) is 5.36. The molecule has 0 saturated heterocycles. The molecular weight excluding hydrogens is 340 g/mol. The Morgan fingerprint density at radius 3 is 2.68 bits per heavy atom. The van der Waals surface area contributed by atoms with Crippen LogP contribution in [0, 0.1) is 6.92 Å². The Balaban J connectivity index is 1.73. The van der Waals surface area contributed by atoms with Crippen molar-refractivity contribution in [2.45, 2.75) is 19.4 Å². The summed E-state index contributed by atoms with van der Waals surface area (Å²) in [6.45, 7) is 2.19. The lowest BCUT2D eigenvalue weighted by atomic mass is 9.98. The lowest BCUT2D eigenvalue weighted by Crippen LogP contribution is -2.25. The third-order valence-electron chi connectivity index (χ3n) is 4.35. The lowest BCUT2D eigenvalue weighted by Gasteiger charge is -2.21. The first-order chi connectivity index (χ1) is 11.9. The van der Waals surface area contributed by atoms with E-state index in [1.54, 1.807) is 0 Å². The minimum atomic E-state index is -3.48. The quantitative estimate of drug-likeness (QED) is 0.846. The van der Waals surface area contributed by atoms with Crippen LogP contribution < -0.4 is 9.47 Å². The van der Waals surface area contributed by atoms with Gasteiger partial charge in [-0.3, -0.25) is 0 Å². The predicted octanol–water partition coefficient (Wildman–Crippen LogP) is 2.83. The summed E-state index contributed by atoms with van der Waals surface area (Å²) >= 11 is 0. The van der Waals surface area contributed by atoms with Crippen molar-refractivity contribution < 1.29 is 17.9 Å². The van der Waals surface area contributed by atoms with E-state index in [-0.39, 0.29) is 12.8 Å². The number of fused-ring (bicyclic) bond motifs is 1. The molecule has 2 aliphatic rings. The Bertz CT molecular complexity index is 969. The van der Waals surface area contributed by atoms with Crippen molar-refractivity contribution in [2.24, 2.45) is 5.10 Å². The van der Waals surface area contributed by atoms with E-state index in [1.807, 2.05) is 49.4 Å². The largest absolute Gasteiger partial charge is 0.454 e. The van der Waals surface area contributed by atoms with Crippen LogP contribution >= 0.6 is 0 Å². The number of ether oxygens (including phenoxy) is 2. The van der Waals surface area contributed by atoms with Crippen LogP contribution in [0.1, 0.15) is 29.2 Å². The van der Waals surface area contributed by atoms with Crippen molar-refractivity contribution in [3.05, 3.63) is 59.2 Å². The van der Waals surface area contributed by atoms with Gasteiger partial charge < -0.3 is 9.47 Å².